The van der Waals surface area contributed by atoms with Crippen molar-refractivity contribution >= 4 is 22.2 Å². The van der Waals surface area contributed by atoms with E-state index in [4.69, 9.17) is 10.5 Å². The molecule has 2 N–H and O–H groups in total. The van der Waals surface area contributed by atoms with Crippen molar-refractivity contribution in [3.8, 4) is 0 Å². The van der Waals surface area contributed by atoms with E-state index < -0.39 is 9.84 Å². The number of halogens is 1. The number of ether oxygens (including phenoxy) is 1. The van der Waals surface area contributed by atoms with Gasteiger partial charge in [0, 0.05) is 13.2 Å². The Morgan fingerprint density at radius 1 is 1.45 bits per heavy atom. The molecular formula is C5H12ClNO3S. The molecule has 1 rings (SSSR count). The lowest BCUT2D eigenvalue weighted by molar-refractivity contribution is 0.110. The van der Waals surface area contributed by atoms with E-state index >= 15 is 0 Å². The van der Waals surface area contributed by atoms with Gasteiger partial charge in [0.05, 0.1) is 17.6 Å². The van der Waals surface area contributed by atoms with Crippen LogP contribution in [0.3, 0.4) is 0 Å². The van der Waals surface area contributed by atoms with Crippen LogP contribution in [0.2, 0.25) is 0 Å². The number of hydrogen-bond acceptors (Lipinski definition) is 4. The average molecular weight is 202 g/mol. The van der Waals surface area contributed by atoms with Crippen molar-refractivity contribution in [1.82, 2.24) is 0 Å². The second-order valence-corrected chi connectivity index (χ2v) is 4.67. The van der Waals surface area contributed by atoms with Crippen LogP contribution < -0.4 is 5.73 Å². The molecule has 1 aliphatic heterocycles. The zero-order valence-electron chi connectivity index (χ0n) is 6.19. The summed E-state index contributed by atoms with van der Waals surface area (Å²) >= 11 is 0. The van der Waals surface area contributed by atoms with Crippen LogP contribution in [0.4, 0.5) is 0 Å². The van der Waals surface area contributed by atoms with Gasteiger partial charge >= 0.3 is 0 Å². The molecule has 1 fully saturated rings. The van der Waals surface area contributed by atoms with Gasteiger partial charge < -0.3 is 10.5 Å². The van der Waals surface area contributed by atoms with E-state index in [1.165, 1.54) is 7.11 Å². The number of sulfone groups is 1. The highest BCUT2D eigenvalue weighted by Crippen LogP contribution is 2.12. The summed E-state index contributed by atoms with van der Waals surface area (Å²) in [7, 11) is -1.43. The molecule has 0 aromatic heterocycles. The average Bonchev–Trinajstić information content (AvgIpc) is 2.05. The minimum atomic E-state index is -2.91. The highest BCUT2D eigenvalue weighted by atomic mass is 35.5. The summed E-state index contributed by atoms with van der Waals surface area (Å²) in [6.45, 7) is 0. The van der Waals surface area contributed by atoms with Gasteiger partial charge in [0.25, 0.3) is 0 Å². The Morgan fingerprint density at radius 3 is 2.18 bits per heavy atom. The Kier molecular flexibility index (Phi) is 3.76. The highest BCUT2D eigenvalue weighted by Gasteiger charge is 2.34. The van der Waals surface area contributed by atoms with Crippen LogP contribution in [0.1, 0.15) is 0 Å². The zero-order valence-corrected chi connectivity index (χ0v) is 7.82. The third-order valence-electron chi connectivity index (χ3n) is 1.64. The summed E-state index contributed by atoms with van der Waals surface area (Å²) in [5.74, 6) is 0.135. The second-order valence-electron chi connectivity index (χ2n) is 2.51. The molecular weight excluding hydrogens is 190 g/mol. The summed E-state index contributed by atoms with van der Waals surface area (Å²) in [4.78, 5) is 0. The van der Waals surface area contributed by atoms with Crippen LogP contribution >= 0.6 is 12.4 Å². The summed E-state index contributed by atoms with van der Waals surface area (Å²) in [6.07, 6.45) is -0.301. The van der Waals surface area contributed by atoms with Crippen molar-refractivity contribution in [2.75, 3.05) is 18.6 Å². The van der Waals surface area contributed by atoms with E-state index in [1.807, 2.05) is 0 Å². The van der Waals surface area contributed by atoms with Crippen LogP contribution in [0.25, 0.3) is 0 Å². The summed E-state index contributed by atoms with van der Waals surface area (Å²) in [5, 5.41) is 0. The molecule has 11 heavy (non-hydrogen) atoms. The van der Waals surface area contributed by atoms with Crippen molar-refractivity contribution in [3.05, 3.63) is 0 Å². The first-order chi connectivity index (χ1) is 4.55. The summed E-state index contributed by atoms with van der Waals surface area (Å²) < 4.78 is 26.6. The molecule has 0 aliphatic carbocycles. The molecule has 1 saturated heterocycles. The van der Waals surface area contributed by atoms with E-state index in [1.54, 1.807) is 0 Å². The maximum Gasteiger partial charge on any atom is 0.154 e. The summed E-state index contributed by atoms with van der Waals surface area (Å²) in [5.41, 5.74) is 5.46. The molecule has 0 bridgehead atoms. The lowest BCUT2D eigenvalue weighted by Gasteiger charge is -2.09. The van der Waals surface area contributed by atoms with Gasteiger partial charge in [-0.1, -0.05) is 0 Å². The molecule has 0 amide bonds. The van der Waals surface area contributed by atoms with Gasteiger partial charge in [0.2, 0.25) is 0 Å². The van der Waals surface area contributed by atoms with E-state index in [0.29, 0.717) is 0 Å². The standard InChI is InChI=1S/C5H11NO3S.ClH/c1-9-5-3-10(7,8)2-4(5)6;/h4-5H,2-3,6H2,1H3;1H/t4-,5-;/m0./s1. The quantitative estimate of drug-likeness (QED) is 0.602. The molecule has 6 heteroatoms. The number of rotatable bonds is 1. The first-order valence-corrected chi connectivity index (χ1v) is 4.86. The van der Waals surface area contributed by atoms with Gasteiger partial charge in [0.15, 0.2) is 9.84 Å². The van der Waals surface area contributed by atoms with Crippen LogP contribution in [-0.2, 0) is 14.6 Å². The third kappa shape index (κ3) is 2.59. The molecule has 0 spiro atoms. The Balaban J connectivity index is 0.000001000. The smallest absolute Gasteiger partial charge is 0.154 e. The molecule has 0 radical (unpaired) electrons. The number of nitrogens with two attached hydrogens (primary N) is 1. The minimum absolute atomic E-state index is 0. The maximum atomic E-state index is 10.9. The Labute approximate surface area is 72.4 Å². The van der Waals surface area contributed by atoms with Crippen molar-refractivity contribution < 1.29 is 13.2 Å². The number of hydrogen-bond donors (Lipinski definition) is 1. The van der Waals surface area contributed by atoms with Gasteiger partial charge in [-0.25, -0.2) is 8.42 Å². The first kappa shape index (κ1) is 11.2. The molecule has 0 aromatic carbocycles. The predicted octanol–water partition coefficient (Wildman–Crippen LogP) is -0.821. The van der Waals surface area contributed by atoms with E-state index in [0.717, 1.165) is 0 Å². The molecule has 0 saturated carbocycles. The molecule has 1 heterocycles. The number of methoxy groups -OCH3 is 1. The fraction of sp³-hybridized carbons (Fsp3) is 1.00. The van der Waals surface area contributed by atoms with E-state index in [-0.39, 0.29) is 36.1 Å². The Bertz CT molecular complexity index is 216. The summed E-state index contributed by atoms with van der Waals surface area (Å²) in [6, 6.07) is -0.338. The van der Waals surface area contributed by atoms with Crippen LogP contribution in [0.5, 0.6) is 0 Å². The van der Waals surface area contributed by atoms with E-state index in [9.17, 15) is 8.42 Å². The minimum Gasteiger partial charge on any atom is -0.379 e. The molecule has 68 valence electrons. The van der Waals surface area contributed by atoms with Crippen molar-refractivity contribution in [2.45, 2.75) is 12.1 Å². The molecule has 2 atom stereocenters. The van der Waals surface area contributed by atoms with Gasteiger partial charge in [0.1, 0.15) is 0 Å². The van der Waals surface area contributed by atoms with E-state index in [2.05, 4.69) is 0 Å². The van der Waals surface area contributed by atoms with Gasteiger partial charge in [-0.3, -0.25) is 0 Å². The lowest BCUT2D eigenvalue weighted by atomic mass is 10.2. The fourth-order valence-electron chi connectivity index (χ4n) is 1.09. The monoisotopic (exact) mass is 201 g/mol. The molecule has 4 nitrogen and oxygen atoms in total. The van der Waals surface area contributed by atoms with Crippen LogP contribution in [-0.4, -0.2) is 39.2 Å². The van der Waals surface area contributed by atoms with Crippen molar-refractivity contribution in [1.29, 1.82) is 0 Å². The zero-order chi connectivity index (χ0) is 7.78. The topological polar surface area (TPSA) is 69.4 Å². The third-order valence-corrected chi connectivity index (χ3v) is 3.37. The van der Waals surface area contributed by atoms with Crippen molar-refractivity contribution in [2.24, 2.45) is 5.73 Å². The largest absolute Gasteiger partial charge is 0.379 e. The van der Waals surface area contributed by atoms with Gasteiger partial charge in [-0.05, 0) is 0 Å². The van der Waals surface area contributed by atoms with Crippen molar-refractivity contribution in [3.63, 3.8) is 0 Å². The molecule has 0 aromatic rings. The fourth-order valence-corrected chi connectivity index (χ4v) is 2.91. The Hall–Kier alpha value is 0.160. The molecule has 1 aliphatic rings. The van der Waals surface area contributed by atoms with Gasteiger partial charge in [-0.2, -0.15) is 0 Å². The predicted molar refractivity (Wildman–Crippen MR) is 44.7 cm³/mol. The first-order valence-electron chi connectivity index (χ1n) is 3.04. The second kappa shape index (κ2) is 3.71. The maximum absolute atomic E-state index is 10.9. The van der Waals surface area contributed by atoms with Crippen LogP contribution in [0.15, 0.2) is 0 Å². The Morgan fingerprint density at radius 2 is 2.00 bits per heavy atom. The van der Waals surface area contributed by atoms with Crippen LogP contribution in [0, 0.1) is 0 Å². The highest BCUT2D eigenvalue weighted by molar-refractivity contribution is 7.91. The normalized spacial score (nSPS) is 34.7. The SMILES string of the molecule is CO[C@H]1CS(=O)(=O)C[C@@H]1N.Cl. The van der Waals surface area contributed by atoms with Gasteiger partial charge in [-0.15, -0.1) is 12.4 Å². The molecule has 0 unspecified atom stereocenters. The lowest BCUT2D eigenvalue weighted by Crippen LogP contribution is -2.34.